The Morgan fingerprint density at radius 1 is 1.30 bits per heavy atom. The Labute approximate surface area is 164 Å². The Bertz CT molecular complexity index is 929. The molecule has 1 aromatic carbocycles. The highest BCUT2D eigenvalue weighted by Crippen LogP contribution is 2.26. The number of hydrogen-bond acceptors (Lipinski definition) is 3. The number of rotatable bonds is 1. The van der Waals surface area contributed by atoms with E-state index < -0.39 is 0 Å². The molecule has 0 saturated heterocycles. The van der Waals surface area contributed by atoms with Crippen molar-refractivity contribution in [3.8, 4) is 0 Å². The Morgan fingerprint density at radius 2 is 2.11 bits per heavy atom. The minimum absolute atomic E-state index is 0.0500. The number of nitrogens with one attached hydrogen (secondary N) is 1. The van der Waals surface area contributed by atoms with Gasteiger partial charge in [-0.05, 0) is 40.5 Å². The molecule has 142 valence electrons. The van der Waals surface area contributed by atoms with Crippen LogP contribution in [-0.2, 0) is 19.5 Å². The summed E-state index contributed by atoms with van der Waals surface area (Å²) < 4.78 is 15.4. The van der Waals surface area contributed by atoms with Crippen molar-refractivity contribution < 1.29 is 14.0 Å². The third-order valence-electron chi connectivity index (χ3n) is 4.97. The van der Waals surface area contributed by atoms with Crippen LogP contribution in [-0.4, -0.2) is 51.7 Å². The van der Waals surface area contributed by atoms with Crippen molar-refractivity contribution in [3.05, 3.63) is 45.4 Å². The second-order valence-corrected chi connectivity index (χ2v) is 7.66. The highest BCUT2D eigenvalue weighted by molar-refractivity contribution is 9.10. The summed E-state index contributed by atoms with van der Waals surface area (Å²) in [4.78, 5) is 28.7. The number of urea groups is 1. The van der Waals surface area contributed by atoms with Crippen molar-refractivity contribution in [1.82, 2.24) is 19.6 Å². The second kappa shape index (κ2) is 6.95. The van der Waals surface area contributed by atoms with E-state index in [4.69, 9.17) is 0 Å². The molecule has 1 N–H and O–H groups in total. The standard InChI is InChI=1S/C18H19BrFN5O2/c1-23-6-2-7-25-16(17(23)26)12-10-24(8-5-15(12)22-25)18(27)21-11-3-4-14(20)13(19)9-11/h3-4,9H,2,5-8,10H2,1H3,(H,21,27). The summed E-state index contributed by atoms with van der Waals surface area (Å²) in [5, 5.41) is 7.38. The van der Waals surface area contributed by atoms with Crippen molar-refractivity contribution in [2.45, 2.75) is 25.9 Å². The number of hydrogen-bond donors (Lipinski definition) is 1. The summed E-state index contributed by atoms with van der Waals surface area (Å²) >= 11 is 3.12. The van der Waals surface area contributed by atoms with Gasteiger partial charge in [0.1, 0.15) is 11.5 Å². The molecule has 2 aliphatic heterocycles. The van der Waals surface area contributed by atoms with Crippen LogP contribution in [0.1, 0.15) is 28.2 Å². The number of anilines is 1. The highest BCUT2D eigenvalue weighted by Gasteiger charge is 2.32. The molecule has 1 aromatic heterocycles. The van der Waals surface area contributed by atoms with E-state index in [1.165, 1.54) is 18.2 Å². The van der Waals surface area contributed by atoms with E-state index in [1.54, 1.807) is 21.5 Å². The fraction of sp³-hybridized carbons (Fsp3) is 0.389. The summed E-state index contributed by atoms with van der Waals surface area (Å²) in [7, 11) is 1.79. The molecule has 0 radical (unpaired) electrons. The molecule has 7 nitrogen and oxygen atoms in total. The molecule has 4 rings (SSSR count). The molecule has 0 aliphatic carbocycles. The molecule has 0 saturated carbocycles. The smallest absolute Gasteiger partial charge is 0.322 e. The molecule has 3 amide bonds. The predicted molar refractivity (Wildman–Crippen MR) is 101 cm³/mol. The third kappa shape index (κ3) is 3.31. The van der Waals surface area contributed by atoms with E-state index in [2.05, 4.69) is 26.3 Å². The quantitative estimate of drug-likeness (QED) is 0.748. The first-order valence-corrected chi connectivity index (χ1v) is 9.58. The third-order valence-corrected chi connectivity index (χ3v) is 5.58. The Hall–Kier alpha value is -2.42. The average molecular weight is 436 g/mol. The lowest BCUT2D eigenvalue weighted by Gasteiger charge is -2.27. The molecule has 0 atom stereocenters. The van der Waals surface area contributed by atoms with Crippen LogP contribution in [0.2, 0.25) is 0 Å². The molecule has 0 fully saturated rings. The normalized spacial score (nSPS) is 16.6. The van der Waals surface area contributed by atoms with Gasteiger partial charge in [-0.3, -0.25) is 9.48 Å². The van der Waals surface area contributed by atoms with Gasteiger partial charge in [0.25, 0.3) is 5.91 Å². The molecule has 0 unspecified atom stereocenters. The molecular weight excluding hydrogens is 417 g/mol. The number of carbonyl (C=O) groups is 2. The average Bonchev–Trinajstić information content (AvgIpc) is 2.94. The zero-order valence-corrected chi connectivity index (χ0v) is 16.4. The fourth-order valence-electron chi connectivity index (χ4n) is 3.52. The first kappa shape index (κ1) is 18.0. The van der Waals surface area contributed by atoms with Crippen LogP contribution in [0.3, 0.4) is 0 Å². The number of amides is 3. The van der Waals surface area contributed by atoms with E-state index in [-0.39, 0.29) is 22.2 Å². The summed E-state index contributed by atoms with van der Waals surface area (Å²) in [6, 6.07) is 4.04. The lowest BCUT2D eigenvalue weighted by atomic mass is 10.0. The maximum Gasteiger partial charge on any atom is 0.322 e. The lowest BCUT2D eigenvalue weighted by molar-refractivity contribution is 0.0793. The summed E-state index contributed by atoms with van der Waals surface area (Å²) in [5.74, 6) is -0.438. The number of nitrogens with zero attached hydrogens (tertiary/aromatic N) is 4. The van der Waals surface area contributed by atoms with E-state index in [9.17, 15) is 14.0 Å². The fourth-order valence-corrected chi connectivity index (χ4v) is 3.90. The molecule has 3 heterocycles. The van der Waals surface area contributed by atoms with Gasteiger partial charge < -0.3 is 15.1 Å². The molecule has 0 spiro atoms. The number of carbonyl (C=O) groups excluding carboxylic acids is 2. The Balaban J connectivity index is 1.56. The zero-order chi connectivity index (χ0) is 19.1. The van der Waals surface area contributed by atoms with Gasteiger partial charge in [-0.15, -0.1) is 0 Å². The van der Waals surface area contributed by atoms with E-state index in [0.29, 0.717) is 44.0 Å². The Kier molecular flexibility index (Phi) is 4.63. The first-order chi connectivity index (χ1) is 12.9. The monoisotopic (exact) mass is 435 g/mol. The number of aryl methyl sites for hydroxylation is 1. The molecule has 2 aliphatic rings. The van der Waals surface area contributed by atoms with Crippen molar-refractivity contribution in [2.75, 3.05) is 25.5 Å². The van der Waals surface area contributed by atoms with Gasteiger partial charge in [0.05, 0.1) is 16.7 Å². The van der Waals surface area contributed by atoms with Crippen LogP contribution in [0.25, 0.3) is 0 Å². The van der Waals surface area contributed by atoms with Gasteiger partial charge in [0.2, 0.25) is 0 Å². The van der Waals surface area contributed by atoms with Gasteiger partial charge in [0.15, 0.2) is 0 Å². The second-order valence-electron chi connectivity index (χ2n) is 6.81. The number of fused-ring (bicyclic) bond motifs is 3. The maximum atomic E-state index is 13.4. The van der Waals surface area contributed by atoms with Crippen molar-refractivity contribution in [1.29, 1.82) is 0 Å². The van der Waals surface area contributed by atoms with Gasteiger partial charge >= 0.3 is 6.03 Å². The molecule has 9 heteroatoms. The number of halogens is 2. The minimum atomic E-state index is -0.388. The molecule has 0 bridgehead atoms. The van der Waals surface area contributed by atoms with E-state index in [0.717, 1.165) is 17.7 Å². The topological polar surface area (TPSA) is 70.5 Å². The summed E-state index contributed by atoms with van der Waals surface area (Å²) in [6.07, 6.45) is 1.46. The van der Waals surface area contributed by atoms with Gasteiger partial charge in [0, 0.05) is 44.4 Å². The minimum Gasteiger partial charge on any atom is -0.340 e. The van der Waals surface area contributed by atoms with E-state index >= 15 is 0 Å². The van der Waals surface area contributed by atoms with E-state index in [1.807, 2.05) is 0 Å². The summed E-state index contributed by atoms with van der Waals surface area (Å²) in [6.45, 7) is 2.24. The van der Waals surface area contributed by atoms with Crippen LogP contribution in [0.5, 0.6) is 0 Å². The lowest BCUT2D eigenvalue weighted by Crippen LogP contribution is -2.39. The summed E-state index contributed by atoms with van der Waals surface area (Å²) in [5.41, 5.74) is 2.81. The predicted octanol–water partition coefficient (Wildman–Crippen LogP) is 2.85. The Morgan fingerprint density at radius 3 is 2.89 bits per heavy atom. The van der Waals surface area contributed by atoms with Crippen molar-refractivity contribution >= 4 is 33.6 Å². The van der Waals surface area contributed by atoms with Gasteiger partial charge in [-0.2, -0.15) is 5.10 Å². The van der Waals surface area contributed by atoms with Gasteiger partial charge in [-0.1, -0.05) is 0 Å². The van der Waals surface area contributed by atoms with Gasteiger partial charge in [-0.25, -0.2) is 9.18 Å². The maximum absolute atomic E-state index is 13.4. The van der Waals surface area contributed by atoms with Crippen LogP contribution in [0.15, 0.2) is 22.7 Å². The number of benzene rings is 1. The van der Waals surface area contributed by atoms with Crippen LogP contribution in [0, 0.1) is 5.82 Å². The highest BCUT2D eigenvalue weighted by atomic mass is 79.9. The van der Waals surface area contributed by atoms with Crippen molar-refractivity contribution in [3.63, 3.8) is 0 Å². The molecule has 2 aromatic rings. The zero-order valence-electron chi connectivity index (χ0n) is 14.8. The molecule has 27 heavy (non-hydrogen) atoms. The molecular formula is C18H19BrFN5O2. The number of aromatic nitrogens is 2. The van der Waals surface area contributed by atoms with Crippen LogP contribution in [0.4, 0.5) is 14.9 Å². The first-order valence-electron chi connectivity index (χ1n) is 8.79. The SMILES string of the molecule is CN1CCCn2nc3c(c2C1=O)CN(C(=O)Nc1ccc(F)c(Br)c1)CC3. The van der Waals surface area contributed by atoms with Crippen LogP contribution >= 0.6 is 15.9 Å². The van der Waals surface area contributed by atoms with Crippen LogP contribution < -0.4 is 5.32 Å². The largest absolute Gasteiger partial charge is 0.340 e. The van der Waals surface area contributed by atoms with Crippen molar-refractivity contribution in [2.24, 2.45) is 0 Å².